The number of nitrogens with one attached hydrogen (secondary N) is 1. The molecule has 0 saturated heterocycles. The van der Waals surface area contributed by atoms with Crippen LogP contribution >= 0.6 is 22.9 Å². The largest absolute Gasteiger partial charge is 0.384 e. The fraction of sp³-hybridized carbons (Fsp3) is 0.267. The quantitative estimate of drug-likeness (QED) is 0.651. The summed E-state index contributed by atoms with van der Waals surface area (Å²) in [5.41, 5.74) is 8.52. The van der Waals surface area contributed by atoms with Crippen molar-refractivity contribution in [2.45, 2.75) is 25.4 Å². The molecule has 5 heteroatoms. The zero-order chi connectivity index (χ0) is 14.1. The second-order valence-corrected chi connectivity index (χ2v) is 6.26. The zero-order valence-electron chi connectivity index (χ0n) is 11.0. The minimum absolute atomic E-state index is 0.0502. The zero-order valence-corrected chi connectivity index (χ0v) is 12.5. The summed E-state index contributed by atoms with van der Waals surface area (Å²) in [5, 5.41) is 12.4. The number of benzene rings is 1. The molecule has 2 aromatic rings. The Labute approximate surface area is 127 Å². The summed E-state index contributed by atoms with van der Waals surface area (Å²) < 4.78 is 0. The molecule has 1 fully saturated rings. The summed E-state index contributed by atoms with van der Waals surface area (Å²) >= 11 is 8.10. The van der Waals surface area contributed by atoms with Gasteiger partial charge in [0.2, 0.25) is 0 Å². The first-order valence-electron chi connectivity index (χ1n) is 6.57. The molecule has 20 heavy (non-hydrogen) atoms. The van der Waals surface area contributed by atoms with Gasteiger partial charge < -0.3 is 10.6 Å². The molecule has 0 amide bonds. The Morgan fingerprint density at radius 1 is 1.40 bits per heavy atom. The number of amidine groups is 1. The van der Waals surface area contributed by atoms with E-state index < -0.39 is 0 Å². The van der Waals surface area contributed by atoms with Gasteiger partial charge in [0.05, 0.1) is 10.7 Å². The molecule has 1 aliphatic carbocycles. The standard InChI is InChI=1S/C15H16ClN3S/c16-13-7-11(15(17)18)1-4-14(13)19(12-2-3-12)8-10-5-6-20-9-10/h1,4-7,9,12H,2-3,8H2,(H3,17,18). The first-order valence-corrected chi connectivity index (χ1v) is 7.89. The molecule has 0 radical (unpaired) electrons. The maximum atomic E-state index is 7.47. The predicted octanol–water partition coefficient (Wildman–Crippen LogP) is 3.85. The van der Waals surface area contributed by atoms with Crippen LogP contribution in [0.4, 0.5) is 5.69 Å². The molecule has 0 unspecified atom stereocenters. The van der Waals surface area contributed by atoms with Crippen molar-refractivity contribution in [1.82, 2.24) is 0 Å². The number of hydrogen-bond acceptors (Lipinski definition) is 3. The SMILES string of the molecule is N=C(N)c1ccc(N(Cc2ccsc2)C2CC2)c(Cl)c1. The van der Waals surface area contributed by atoms with Crippen LogP contribution in [0.1, 0.15) is 24.0 Å². The van der Waals surface area contributed by atoms with Crippen molar-refractivity contribution in [3.05, 3.63) is 51.2 Å². The molecule has 1 aromatic carbocycles. The van der Waals surface area contributed by atoms with Gasteiger partial charge in [-0.2, -0.15) is 11.3 Å². The maximum Gasteiger partial charge on any atom is 0.122 e. The lowest BCUT2D eigenvalue weighted by Crippen LogP contribution is -2.25. The van der Waals surface area contributed by atoms with Crippen molar-refractivity contribution in [2.75, 3.05) is 4.90 Å². The topological polar surface area (TPSA) is 53.1 Å². The van der Waals surface area contributed by atoms with Crippen LogP contribution in [0.15, 0.2) is 35.0 Å². The van der Waals surface area contributed by atoms with E-state index in [1.165, 1.54) is 18.4 Å². The summed E-state index contributed by atoms with van der Waals surface area (Å²) in [6.07, 6.45) is 2.43. The lowest BCUT2D eigenvalue weighted by atomic mass is 10.1. The molecule has 0 atom stereocenters. The van der Waals surface area contributed by atoms with Crippen molar-refractivity contribution in [2.24, 2.45) is 5.73 Å². The third-order valence-corrected chi connectivity index (χ3v) is 4.52. The molecule has 1 saturated carbocycles. The molecule has 3 N–H and O–H groups in total. The van der Waals surface area contributed by atoms with Crippen molar-refractivity contribution in [3.63, 3.8) is 0 Å². The smallest absolute Gasteiger partial charge is 0.122 e. The van der Waals surface area contributed by atoms with Crippen LogP contribution < -0.4 is 10.6 Å². The third-order valence-electron chi connectivity index (χ3n) is 3.49. The van der Waals surface area contributed by atoms with E-state index in [0.717, 1.165) is 12.2 Å². The summed E-state index contributed by atoms with van der Waals surface area (Å²) in [4.78, 5) is 2.36. The highest BCUT2D eigenvalue weighted by Crippen LogP contribution is 2.37. The van der Waals surface area contributed by atoms with Gasteiger partial charge in [0.25, 0.3) is 0 Å². The molecule has 1 aromatic heterocycles. The van der Waals surface area contributed by atoms with Gasteiger partial charge in [-0.1, -0.05) is 11.6 Å². The first-order chi connectivity index (χ1) is 9.65. The van der Waals surface area contributed by atoms with E-state index in [4.69, 9.17) is 22.7 Å². The molecular weight excluding hydrogens is 290 g/mol. The number of hydrogen-bond donors (Lipinski definition) is 2. The lowest BCUT2D eigenvalue weighted by molar-refractivity contribution is 0.797. The molecule has 3 rings (SSSR count). The van der Waals surface area contributed by atoms with E-state index in [9.17, 15) is 0 Å². The fourth-order valence-corrected chi connectivity index (χ4v) is 3.23. The fourth-order valence-electron chi connectivity index (χ4n) is 2.28. The second-order valence-electron chi connectivity index (χ2n) is 5.07. The number of nitrogens with zero attached hydrogens (tertiary/aromatic N) is 1. The van der Waals surface area contributed by atoms with E-state index in [0.29, 0.717) is 16.6 Å². The molecule has 1 heterocycles. The molecular formula is C15H16ClN3S. The Bertz CT molecular complexity index is 620. The average Bonchev–Trinajstić information content (AvgIpc) is 3.14. The highest BCUT2D eigenvalue weighted by molar-refractivity contribution is 7.07. The normalized spacial score (nSPS) is 14.2. The Hall–Kier alpha value is -1.52. The lowest BCUT2D eigenvalue weighted by Gasteiger charge is -2.25. The molecule has 104 valence electrons. The predicted molar refractivity (Wildman–Crippen MR) is 86.0 cm³/mol. The van der Waals surface area contributed by atoms with Crippen molar-refractivity contribution in [3.8, 4) is 0 Å². The van der Waals surface area contributed by atoms with Crippen molar-refractivity contribution < 1.29 is 0 Å². The van der Waals surface area contributed by atoms with E-state index >= 15 is 0 Å². The monoisotopic (exact) mass is 305 g/mol. The van der Waals surface area contributed by atoms with Gasteiger partial charge in [-0.15, -0.1) is 0 Å². The van der Waals surface area contributed by atoms with E-state index in [2.05, 4.69) is 21.7 Å². The molecule has 0 aliphatic heterocycles. The van der Waals surface area contributed by atoms with Crippen LogP contribution in [0, 0.1) is 5.41 Å². The number of nitrogens with two attached hydrogens (primary N) is 1. The van der Waals surface area contributed by atoms with Gasteiger partial charge in [0.1, 0.15) is 5.84 Å². The highest BCUT2D eigenvalue weighted by atomic mass is 35.5. The Morgan fingerprint density at radius 3 is 2.75 bits per heavy atom. The number of nitrogen functional groups attached to an aromatic ring is 1. The van der Waals surface area contributed by atoms with Gasteiger partial charge in [0.15, 0.2) is 0 Å². The summed E-state index contributed by atoms with van der Waals surface area (Å²) in [6, 6.07) is 8.35. The van der Waals surface area contributed by atoms with Crippen LogP contribution in [-0.4, -0.2) is 11.9 Å². The summed E-state index contributed by atoms with van der Waals surface area (Å²) in [5.74, 6) is 0.0502. The van der Waals surface area contributed by atoms with E-state index in [-0.39, 0.29) is 5.84 Å². The van der Waals surface area contributed by atoms with Gasteiger partial charge >= 0.3 is 0 Å². The van der Waals surface area contributed by atoms with Crippen LogP contribution in [-0.2, 0) is 6.54 Å². The van der Waals surface area contributed by atoms with Gasteiger partial charge in [-0.05, 0) is 53.4 Å². The Balaban J connectivity index is 1.89. The first kappa shape index (κ1) is 13.5. The third kappa shape index (κ3) is 2.81. The maximum absolute atomic E-state index is 7.47. The molecule has 1 aliphatic rings. The Morgan fingerprint density at radius 2 is 2.20 bits per heavy atom. The van der Waals surface area contributed by atoms with Crippen LogP contribution in [0.25, 0.3) is 0 Å². The van der Waals surface area contributed by atoms with Crippen LogP contribution in [0.2, 0.25) is 5.02 Å². The van der Waals surface area contributed by atoms with Crippen LogP contribution in [0.5, 0.6) is 0 Å². The second kappa shape index (κ2) is 5.46. The number of anilines is 1. The summed E-state index contributed by atoms with van der Waals surface area (Å²) in [7, 11) is 0. The molecule has 3 nitrogen and oxygen atoms in total. The Kier molecular flexibility index (Phi) is 3.68. The van der Waals surface area contributed by atoms with Gasteiger partial charge in [-0.3, -0.25) is 5.41 Å². The van der Waals surface area contributed by atoms with E-state index in [1.807, 2.05) is 12.1 Å². The van der Waals surface area contributed by atoms with Gasteiger partial charge in [-0.25, -0.2) is 0 Å². The van der Waals surface area contributed by atoms with Crippen molar-refractivity contribution >= 4 is 34.5 Å². The number of thiophene rings is 1. The summed E-state index contributed by atoms with van der Waals surface area (Å²) in [6.45, 7) is 0.882. The minimum atomic E-state index is 0.0502. The average molecular weight is 306 g/mol. The molecule has 0 spiro atoms. The van der Waals surface area contributed by atoms with Crippen molar-refractivity contribution in [1.29, 1.82) is 5.41 Å². The number of halogens is 1. The highest BCUT2D eigenvalue weighted by Gasteiger charge is 2.30. The molecule has 0 bridgehead atoms. The van der Waals surface area contributed by atoms with E-state index in [1.54, 1.807) is 17.4 Å². The number of rotatable bonds is 5. The van der Waals surface area contributed by atoms with Crippen LogP contribution in [0.3, 0.4) is 0 Å². The minimum Gasteiger partial charge on any atom is -0.384 e. The van der Waals surface area contributed by atoms with Gasteiger partial charge in [0, 0.05) is 18.2 Å².